The molecule has 3 N–H and O–H groups in total. The molecular weight excluding hydrogens is 212 g/mol. The van der Waals surface area contributed by atoms with E-state index in [1.807, 2.05) is 24.3 Å². The second-order valence-corrected chi connectivity index (χ2v) is 4.94. The van der Waals surface area contributed by atoms with Crippen LogP contribution in [-0.2, 0) is 0 Å². The van der Waals surface area contributed by atoms with Gasteiger partial charge < -0.3 is 10.5 Å². The maximum atomic E-state index is 7.40. The molecule has 0 radical (unpaired) electrons. The summed E-state index contributed by atoms with van der Waals surface area (Å²) in [5, 5.41) is 7.40. The highest BCUT2D eigenvalue weighted by atomic mass is 16.5. The molecule has 1 aromatic rings. The topological polar surface area (TPSA) is 59.1 Å². The third-order valence-corrected chi connectivity index (χ3v) is 3.41. The van der Waals surface area contributed by atoms with Gasteiger partial charge in [-0.1, -0.05) is 19.1 Å². The van der Waals surface area contributed by atoms with Gasteiger partial charge in [-0.25, -0.2) is 0 Å². The summed E-state index contributed by atoms with van der Waals surface area (Å²) >= 11 is 0. The van der Waals surface area contributed by atoms with Gasteiger partial charge in [-0.05, 0) is 43.7 Å². The van der Waals surface area contributed by atoms with Crippen LogP contribution in [0, 0.1) is 11.3 Å². The summed E-state index contributed by atoms with van der Waals surface area (Å²) in [6, 6.07) is 7.50. The van der Waals surface area contributed by atoms with Crippen molar-refractivity contribution >= 4 is 5.84 Å². The fourth-order valence-corrected chi connectivity index (χ4v) is 2.28. The van der Waals surface area contributed by atoms with Crippen molar-refractivity contribution in [2.24, 2.45) is 11.7 Å². The second kappa shape index (κ2) is 5.21. The number of hydrogen-bond acceptors (Lipinski definition) is 2. The maximum Gasteiger partial charge on any atom is 0.122 e. The highest BCUT2D eigenvalue weighted by Gasteiger charge is 2.19. The molecule has 92 valence electrons. The van der Waals surface area contributed by atoms with Gasteiger partial charge in [-0.15, -0.1) is 0 Å². The van der Waals surface area contributed by atoms with Crippen molar-refractivity contribution in [3.63, 3.8) is 0 Å². The molecule has 1 fully saturated rings. The van der Waals surface area contributed by atoms with Crippen LogP contribution in [0.15, 0.2) is 24.3 Å². The summed E-state index contributed by atoms with van der Waals surface area (Å²) in [5.41, 5.74) is 6.19. The molecule has 1 saturated carbocycles. The predicted octanol–water partition coefficient (Wildman–Crippen LogP) is 2.93. The first-order valence-electron chi connectivity index (χ1n) is 6.26. The molecule has 0 aliphatic heterocycles. The van der Waals surface area contributed by atoms with Gasteiger partial charge in [0.25, 0.3) is 0 Å². The Balaban J connectivity index is 1.98. The number of rotatable bonds is 3. The molecular formula is C14H20N2O. The van der Waals surface area contributed by atoms with E-state index in [0.29, 0.717) is 6.10 Å². The minimum atomic E-state index is 0.0905. The third kappa shape index (κ3) is 3.22. The Morgan fingerprint density at radius 2 is 2.00 bits per heavy atom. The normalized spacial score (nSPS) is 24.3. The lowest BCUT2D eigenvalue weighted by Gasteiger charge is -2.27. The smallest absolute Gasteiger partial charge is 0.122 e. The molecule has 2 rings (SSSR count). The second-order valence-electron chi connectivity index (χ2n) is 4.94. The average Bonchev–Trinajstić information content (AvgIpc) is 2.32. The summed E-state index contributed by atoms with van der Waals surface area (Å²) in [4.78, 5) is 0. The Bertz CT molecular complexity index is 395. The lowest BCUT2D eigenvalue weighted by Crippen LogP contribution is -2.23. The average molecular weight is 232 g/mol. The molecule has 0 atom stereocenters. The van der Waals surface area contributed by atoms with Crippen molar-refractivity contribution < 1.29 is 4.74 Å². The largest absolute Gasteiger partial charge is 0.490 e. The Labute approximate surface area is 102 Å². The lowest BCUT2D eigenvalue weighted by molar-refractivity contribution is 0.135. The number of hydrogen-bond donors (Lipinski definition) is 2. The van der Waals surface area contributed by atoms with E-state index < -0.39 is 0 Å². The first-order chi connectivity index (χ1) is 8.15. The van der Waals surface area contributed by atoms with Crippen LogP contribution < -0.4 is 10.5 Å². The van der Waals surface area contributed by atoms with Gasteiger partial charge in [-0.2, -0.15) is 0 Å². The first-order valence-corrected chi connectivity index (χ1v) is 6.26. The number of nitrogen functional groups attached to an aromatic ring is 1. The van der Waals surface area contributed by atoms with Gasteiger partial charge >= 0.3 is 0 Å². The van der Waals surface area contributed by atoms with Crippen molar-refractivity contribution in [1.82, 2.24) is 0 Å². The van der Waals surface area contributed by atoms with Crippen molar-refractivity contribution in [2.45, 2.75) is 38.7 Å². The highest BCUT2D eigenvalue weighted by Crippen LogP contribution is 2.27. The SMILES string of the molecule is CC1CCC(Oc2cccc(C(=N)N)c2)CC1. The van der Waals surface area contributed by atoms with Crippen LogP contribution in [0.25, 0.3) is 0 Å². The van der Waals surface area contributed by atoms with E-state index in [-0.39, 0.29) is 5.84 Å². The zero-order valence-corrected chi connectivity index (χ0v) is 10.3. The predicted molar refractivity (Wildman–Crippen MR) is 69.5 cm³/mol. The summed E-state index contributed by atoms with van der Waals surface area (Å²) < 4.78 is 5.94. The zero-order chi connectivity index (χ0) is 12.3. The molecule has 0 spiro atoms. The quantitative estimate of drug-likeness (QED) is 0.622. The van der Waals surface area contributed by atoms with E-state index in [9.17, 15) is 0 Å². The Morgan fingerprint density at radius 1 is 1.29 bits per heavy atom. The monoisotopic (exact) mass is 232 g/mol. The Morgan fingerprint density at radius 3 is 2.65 bits per heavy atom. The number of nitrogens with two attached hydrogens (primary N) is 1. The molecule has 3 nitrogen and oxygen atoms in total. The lowest BCUT2D eigenvalue weighted by atomic mass is 9.89. The number of amidine groups is 1. The van der Waals surface area contributed by atoms with Crippen LogP contribution in [0.2, 0.25) is 0 Å². The number of benzene rings is 1. The maximum absolute atomic E-state index is 7.40. The molecule has 0 saturated heterocycles. The van der Waals surface area contributed by atoms with E-state index in [2.05, 4.69) is 6.92 Å². The highest BCUT2D eigenvalue weighted by molar-refractivity contribution is 5.95. The third-order valence-electron chi connectivity index (χ3n) is 3.41. The molecule has 0 heterocycles. The summed E-state index contributed by atoms with van der Waals surface area (Å²) in [6.45, 7) is 2.30. The minimum Gasteiger partial charge on any atom is -0.490 e. The van der Waals surface area contributed by atoms with Gasteiger partial charge in [-0.3, -0.25) is 5.41 Å². The van der Waals surface area contributed by atoms with Gasteiger partial charge in [0.05, 0.1) is 6.10 Å². The van der Waals surface area contributed by atoms with Gasteiger partial charge in [0.1, 0.15) is 11.6 Å². The van der Waals surface area contributed by atoms with Crippen LogP contribution in [0.5, 0.6) is 5.75 Å². The van der Waals surface area contributed by atoms with Crippen LogP contribution in [0.3, 0.4) is 0 Å². The Kier molecular flexibility index (Phi) is 3.67. The molecule has 0 bridgehead atoms. The molecule has 0 aromatic heterocycles. The van der Waals surface area contributed by atoms with Crippen molar-refractivity contribution in [3.05, 3.63) is 29.8 Å². The molecule has 1 aliphatic rings. The Hall–Kier alpha value is -1.51. The van der Waals surface area contributed by atoms with Crippen LogP contribution in [0.4, 0.5) is 0 Å². The van der Waals surface area contributed by atoms with E-state index in [0.717, 1.165) is 30.1 Å². The van der Waals surface area contributed by atoms with E-state index >= 15 is 0 Å². The zero-order valence-electron chi connectivity index (χ0n) is 10.3. The van der Waals surface area contributed by atoms with Crippen molar-refractivity contribution in [3.8, 4) is 5.75 Å². The van der Waals surface area contributed by atoms with E-state index in [1.54, 1.807) is 0 Å². The molecule has 1 aliphatic carbocycles. The summed E-state index contributed by atoms with van der Waals surface area (Å²) in [5.74, 6) is 1.75. The summed E-state index contributed by atoms with van der Waals surface area (Å²) in [7, 11) is 0. The van der Waals surface area contributed by atoms with E-state index in [1.165, 1.54) is 12.8 Å². The van der Waals surface area contributed by atoms with Crippen LogP contribution in [-0.4, -0.2) is 11.9 Å². The van der Waals surface area contributed by atoms with Gasteiger partial charge in [0.15, 0.2) is 0 Å². The molecule has 0 amide bonds. The molecule has 3 heteroatoms. The number of nitrogens with one attached hydrogen (secondary N) is 1. The molecule has 1 aromatic carbocycles. The summed E-state index contributed by atoms with van der Waals surface area (Å²) in [6.07, 6.45) is 5.08. The number of ether oxygens (including phenoxy) is 1. The van der Waals surface area contributed by atoms with Crippen molar-refractivity contribution in [2.75, 3.05) is 0 Å². The van der Waals surface area contributed by atoms with Crippen molar-refractivity contribution in [1.29, 1.82) is 5.41 Å². The molecule has 0 unspecified atom stereocenters. The fourth-order valence-electron chi connectivity index (χ4n) is 2.28. The van der Waals surface area contributed by atoms with Gasteiger partial charge in [0.2, 0.25) is 0 Å². The van der Waals surface area contributed by atoms with Crippen LogP contribution in [0.1, 0.15) is 38.2 Å². The van der Waals surface area contributed by atoms with Crippen LogP contribution >= 0.6 is 0 Å². The van der Waals surface area contributed by atoms with E-state index in [4.69, 9.17) is 15.9 Å². The first kappa shape index (κ1) is 12.0. The standard InChI is InChI=1S/C14H20N2O/c1-10-5-7-12(8-6-10)17-13-4-2-3-11(9-13)14(15)16/h2-4,9-10,12H,5-8H2,1H3,(H3,15,16). The fraction of sp³-hybridized carbons (Fsp3) is 0.500. The van der Waals surface area contributed by atoms with Gasteiger partial charge in [0, 0.05) is 5.56 Å². The minimum absolute atomic E-state index is 0.0905. The molecule has 17 heavy (non-hydrogen) atoms.